The van der Waals surface area contributed by atoms with Crippen LogP contribution >= 0.6 is 27.3 Å². The number of ether oxygens (including phenoxy) is 3. The molecule has 1 aromatic carbocycles. The third-order valence-corrected chi connectivity index (χ3v) is 6.18. The molecule has 0 aliphatic carbocycles. The molecule has 1 N–H and O–H groups in total. The van der Waals surface area contributed by atoms with E-state index in [-0.39, 0.29) is 13.2 Å². The SMILES string of the molecule is COc1ccc(CN(C(=O)OC(C)(C)C)C(CO)Cc2sccc2Br)c(OC)c1. The van der Waals surface area contributed by atoms with Crippen molar-refractivity contribution in [3.8, 4) is 11.5 Å². The second-order valence-electron chi connectivity index (χ2n) is 7.52. The Bertz CT molecular complexity index is 818. The summed E-state index contributed by atoms with van der Waals surface area (Å²) in [6.45, 7) is 5.50. The summed E-state index contributed by atoms with van der Waals surface area (Å²) in [6.07, 6.45) is 0.0222. The Balaban J connectivity index is 2.36. The molecule has 1 atom stereocenters. The molecule has 0 aliphatic rings. The molecule has 6 nitrogen and oxygen atoms in total. The van der Waals surface area contributed by atoms with Gasteiger partial charge < -0.3 is 19.3 Å². The standard InChI is InChI=1S/C21H28BrNO5S/c1-21(2,3)28-20(25)23(15(13-24)10-19-17(22)8-9-29-19)12-14-6-7-16(26-4)11-18(14)27-5/h6-9,11,15,24H,10,12-13H2,1-5H3. The largest absolute Gasteiger partial charge is 0.497 e. The minimum absolute atomic E-state index is 0.192. The van der Waals surface area contributed by atoms with Crippen LogP contribution < -0.4 is 9.47 Å². The maximum absolute atomic E-state index is 13.0. The number of hydrogen-bond donors (Lipinski definition) is 1. The van der Waals surface area contributed by atoms with E-state index in [1.807, 2.05) is 44.4 Å². The Morgan fingerprint density at radius 3 is 2.48 bits per heavy atom. The first-order valence-corrected chi connectivity index (χ1v) is 10.9. The summed E-state index contributed by atoms with van der Waals surface area (Å²) in [5, 5.41) is 12.1. The van der Waals surface area contributed by atoms with E-state index in [4.69, 9.17) is 14.2 Å². The van der Waals surface area contributed by atoms with Crippen LogP contribution in [0.1, 0.15) is 31.2 Å². The van der Waals surface area contributed by atoms with Gasteiger partial charge in [-0.15, -0.1) is 11.3 Å². The first kappa shape index (κ1) is 23.5. The Morgan fingerprint density at radius 1 is 1.24 bits per heavy atom. The molecule has 160 valence electrons. The molecule has 29 heavy (non-hydrogen) atoms. The van der Waals surface area contributed by atoms with Crippen molar-refractivity contribution in [2.45, 2.75) is 45.4 Å². The first-order chi connectivity index (χ1) is 13.7. The average molecular weight is 486 g/mol. The van der Waals surface area contributed by atoms with Gasteiger partial charge >= 0.3 is 6.09 Å². The minimum Gasteiger partial charge on any atom is -0.497 e. The number of halogens is 1. The molecule has 1 unspecified atom stereocenters. The monoisotopic (exact) mass is 485 g/mol. The summed E-state index contributed by atoms with van der Waals surface area (Å²) in [5.41, 5.74) is 0.144. The van der Waals surface area contributed by atoms with Gasteiger partial charge in [-0.25, -0.2) is 4.79 Å². The molecule has 2 aromatic rings. The van der Waals surface area contributed by atoms with Crippen LogP contribution in [-0.4, -0.2) is 48.6 Å². The van der Waals surface area contributed by atoms with E-state index in [1.54, 1.807) is 36.5 Å². The summed E-state index contributed by atoms with van der Waals surface area (Å²) in [7, 11) is 3.16. The number of rotatable bonds is 8. The van der Waals surface area contributed by atoms with Crippen LogP contribution in [0.4, 0.5) is 4.79 Å². The van der Waals surface area contributed by atoms with Gasteiger partial charge in [0, 0.05) is 27.4 Å². The molecular formula is C21H28BrNO5S. The highest BCUT2D eigenvalue weighted by Crippen LogP contribution is 2.29. The second-order valence-corrected chi connectivity index (χ2v) is 9.37. The number of hydrogen-bond acceptors (Lipinski definition) is 6. The number of carbonyl (C=O) groups is 1. The summed E-state index contributed by atoms with van der Waals surface area (Å²) in [4.78, 5) is 15.6. The number of aliphatic hydroxyl groups excluding tert-OH is 1. The second kappa shape index (κ2) is 10.3. The van der Waals surface area contributed by atoms with Gasteiger partial charge in [-0.3, -0.25) is 4.90 Å². The Labute approximate surface area is 184 Å². The Morgan fingerprint density at radius 2 is 1.97 bits per heavy atom. The number of carbonyl (C=O) groups excluding carboxylic acids is 1. The van der Waals surface area contributed by atoms with Crippen molar-refractivity contribution >= 4 is 33.4 Å². The summed E-state index contributed by atoms with van der Waals surface area (Å²) in [6, 6.07) is 6.94. The van der Waals surface area contributed by atoms with Gasteiger partial charge in [0.25, 0.3) is 0 Å². The highest BCUT2D eigenvalue weighted by Gasteiger charge is 2.30. The predicted octanol–water partition coefficient (Wildman–Crippen LogP) is 4.87. The zero-order chi connectivity index (χ0) is 21.6. The molecule has 0 spiro atoms. The van der Waals surface area contributed by atoms with Crippen molar-refractivity contribution in [2.75, 3.05) is 20.8 Å². The van der Waals surface area contributed by atoms with E-state index in [0.29, 0.717) is 17.9 Å². The number of benzene rings is 1. The average Bonchev–Trinajstić information content (AvgIpc) is 3.07. The summed E-state index contributed by atoms with van der Waals surface area (Å²) >= 11 is 5.10. The maximum atomic E-state index is 13.0. The summed E-state index contributed by atoms with van der Waals surface area (Å²) < 4.78 is 17.3. The fourth-order valence-electron chi connectivity index (χ4n) is 2.79. The van der Waals surface area contributed by atoms with Crippen molar-refractivity contribution in [1.82, 2.24) is 4.90 Å². The maximum Gasteiger partial charge on any atom is 0.410 e. The fourth-order valence-corrected chi connectivity index (χ4v) is 4.37. The highest BCUT2D eigenvalue weighted by atomic mass is 79.9. The first-order valence-electron chi connectivity index (χ1n) is 9.21. The lowest BCUT2D eigenvalue weighted by molar-refractivity contribution is 0.00690. The van der Waals surface area contributed by atoms with Crippen LogP contribution in [0.3, 0.4) is 0 Å². The molecule has 1 aromatic heterocycles. The molecule has 8 heteroatoms. The van der Waals surface area contributed by atoms with Gasteiger partial charge in [0.2, 0.25) is 0 Å². The van der Waals surface area contributed by atoms with Crippen molar-refractivity contribution in [1.29, 1.82) is 0 Å². The molecule has 2 rings (SSSR count). The summed E-state index contributed by atoms with van der Waals surface area (Å²) in [5.74, 6) is 1.27. The Hall–Kier alpha value is -1.77. The molecule has 0 saturated carbocycles. The highest BCUT2D eigenvalue weighted by molar-refractivity contribution is 9.10. The van der Waals surface area contributed by atoms with Gasteiger partial charge in [-0.2, -0.15) is 0 Å². The molecule has 0 saturated heterocycles. The van der Waals surface area contributed by atoms with Crippen LogP contribution in [0.15, 0.2) is 34.1 Å². The number of amides is 1. The number of thiophene rings is 1. The zero-order valence-electron chi connectivity index (χ0n) is 17.4. The lowest BCUT2D eigenvalue weighted by Crippen LogP contribution is -2.45. The van der Waals surface area contributed by atoms with Gasteiger partial charge in [0.15, 0.2) is 0 Å². The number of nitrogens with zero attached hydrogens (tertiary/aromatic N) is 1. The lowest BCUT2D eigenvalue weighted by Gasteiger charge is -2.33. The third-order valence-electron chi connectivity index (χ3n) is 4.23. The van der Waals surface area contributed by atoms with Crippen molar-refractivity contribution in [3.63, 3.8) is 0 Å². The van der Waals surface area contributed by atoms with Crippen LogP contribution in [0, 0.1) is 0 Å². The van der Waals surface area contributed by atoms with Crippen molar-refractivity contribution < 1.29 is 24.1 Å². The lowest BCUT2D eigenvalue weighted by atomic mass is 10.1. The molecule has 0 bridgehead atoms. The fraction of sp³-hybridized carbons (Fsp3) is 0.476. The van der Waals surface area contributed by atoms with Gasteiger partial charge in [0.1, 0.15) is 17.1 Å². The number of methoxy groups -OCH3 is 2. The van der Waals surface area contributed by atoms with Crippen LogP contribution in [0.2, 0.25) is 0 Å². The topological polar surface area (TPSA) is 68.2 Å². The molecule has 0 fully saturated rings. The van der Waals surface area contributed by atoms with E-state index in [1.165, 1.54) is 0 Å². The van der Waals surface area contributed by atoms with Crippen molar-refractivity contribution in [2.24, 2.45) is 0 Å². The van der Waals surface area contributed by atoms with E-state index in [9.17, 15) is 9.90 Å². The van der Waals surface area contributed by atoms with Crippen LogP contribution in [-0.2, 0) is 17.7 Å². The molecule has 0 radical (unpaired) electrons. The van der Waals surface area contributed by atoms with Crippen molar-refractivity contribution in [3.05, 3.63) is 44.6 Å². The quantitative estimate of drug-likeness (QED) is 0.577. The van der Waals surface area contributed by atoms with Gasteiger partial charge in [-0.1, -0.05) is 0 Å². The molecule has 1 heterocycles. The number of aliphatic hydroxyl groups is 1. The third kappa shape index (κ3) is 6.62. The van der Waals surface area contributed by atoms with Crippen LogP contribution in [0.5, 0.6) is 11.5 Å². The van der Waals surface area contributed by atoms with E-state index in [2.05, 4.69) is 15.9 Å². The minimum atomic E-state index is -0.650. The van der Waals surface area contributed by atoms with Gasteiger partial charge in [0.05, 0.1) is 33.4 Å². The molecule has 0 aliphatic heterocycles. The Kier molecular flexibility index (Phi) is 8.36. The van der Waals surface area contributed by atoms with E-state index in [0.717, 1.165) is 14.9 Å². The van der Waals surface area contributed by atoms with E-state index < -0.39 is 17.7 Å². The predicted molar refractivity (Wildman–Crippen MR) is 118 cm³/mol. The van der Waals surface area contributed by atoms with E-state index >= 15 is 0 Å². The smallest absolute Gasteiger partial charge is 0.410 e. The molecular weight excluding hydrogens is 458 g/mol. The van der Waals surface area contributed by atoms with Gasteiger partial charge in [-0.05, 0) is 60.3 Å². The normalized spacial score (nSPS) is 12.4. The zero-order valence-corrected chi connectivity index (χ0v) is 19.8. The molecule has 1 amide bonds. The van der Waals surface area contributed by atoms with Crippen LogP contribution in [0.25, 0.3) is 0 Å².